The smallest absolute Gasteiger partial charge is 0.315 e. The molecule has 0 radical (unpaired) electrons. The average Bonchev–Trinajstić information content (AvgIpc) is 3.14. The minimum Gasteiger partial charge on any atom is -0.333 e. The summed E-state index contributed by atoms with van der Waals surface area (Å²) in [5.41, 5.74) is 0.249. The van der Waals surface area contributed by atoms with Gasteiger partial charge in [-0.15, -0.1) is 0 Å². The number of amides is 3. The second-order valence-electron chi connectivity index (χ2n) is 9.75. The third-order valence-corrected chi connectivity index (χ3v) is 5.78. The molecule has 6 nitrogen and oxygen atoms in total. The number of urea groups is 1. The first-order valence-corrected chi connectivity index (χ1v) is 11.0. The number of rotatable bonds is 8. The van der Waals surface area contributed by atoms with Crippen LogP contribution in [0.1, 0.15) is 65.9 Å². The molecule has 3 atom stereocenters. The summed E-state index contributed by atoms with van der Waals surface area (Å²) in [6, 6.07) is 8.63. The molecule has 0 aromatic heterocycles. The fourth-order valence-corrected chi connectivity index (χ4v) is 4.26. The van der Waals surface area contributed by atoms with Crippen molar-refractivity contribution in [3.05, 3.63) is 35.9 Å². The summed E-state index contributed by atoms with van der Waals surface area (Å²) in [7, 11) is 0. The van der Waals surface area contributed by atoms with Crippen molar-refractivity contribution in [2.24, 2.45) is 5.41 Å². The van der Waals surface area contributed by atoms with Gasteiger partial charge in [0.2, 0.25) is 5.91 Å². The van der Waals surface area contributed by atoms with Crippen LogP contribution in [0.3, 0.4) is 0 Å². The van der Waals surface area contributed by atoms with E-state index in [1.54, 1.807) is 4.90 Å². The Kier molecular flexibility index (Phi) is 8.04. The van der Waals surface area contributed by atoms with Crippen LogP contribution in [-0.4, -0.2) is 47.3 Å². The maximum absolute atomic E-state index is 13.2. The van der Waals surface area contributed by atoms with E-state index in [-0.39, 0.29) is 11.9 Å². The first-order valence-electron chi connectivity index (χ1n) is 11.0. The van der Waals surface area contributed by atoms with Gasteiger partial charge in [0.1, 0.15) is 12.3 Å². The van der Waals surface area contributed by atoms with Crippen molar-refractivity contribution in [2.45, 2.75) is 84.3 Å². The molecule has 2 rings (SSSR count). The van der Waals surface area contributed by atoms with Crippen molar-refractivity contribution >= 4 is 18.2 Å². The minimum absolute atomic E-state index is 0.187. The zero-order valence-electron chi connectivity index (χ0n) is 19.0. The molecule has 3 amide bonds. The fourth-order valence-electron chi connectivity index (χ4n) is 4.26. The molecular weight excluding hydrogens is 378 g/mol. The highest BCUT2D eigenvalue weighted by molar-refractivity contribution is 5.89. The topological polar surface area (TPSA) is 78.5 Å². The Morgan fingerprint density at radius 1 is 1.20 bits per heavy atom. The van der Waals surface area contributed by atoms with Crippen LogP contribution in [0.5, 0.6) is 0 Å². The maximum Gasteiger partial charge on any atom is 0.315 e. The summed E-state index contributed by atoms with van der Waals surface area (Å²) < 4.78 is 0. The minimum atomic E-state index is -0.708. The predicted octanol–water partition coefficient (Wildman–Crippen LogP) is 3.69. The first kappa shape index (κ1) is 23.9. The monoisotopic (exact) mass is 415 g/mol. The number of likely N-dealkylation sites (tertiary alicyclic amines) is 1. The van der Waals surface area contributed by atoms with Crippen LogP contribution in [0, 0.1) is 5.41 Å². The van der Waals surface area contributed by atoms with Gasteiger partial charge in [-0.2, -0.15) is 0 Å². The zero-order valence-corrected chi connectivity index (χ0v) is 19.0. The van der Waals surface area contributed by atoms with E-state index in [0.29, 0.717) is 19.4 Å². The Balaban J connectivity index is 2.13. The van der Waals surface area contributed by atoms with Gasteiger partial charge in [0.15, 0.2) is 0 Å². The van der Waals surface area contributed by atoms with Crippen LogP contribution in [0.2, 0.25) is 0 Å². The third-order valence-electron chi connectivity index (χ3n) is 5.78. The number of aldehydes is 1. The standard InChI is InChI=1S/C24H37N3O3/c1-6-14-24(5,16-18-11-8-7-9-12-18)26-22(30)25-20(23(2,3)4)21(29)27-15-10-13-19(27)17-28/h7-9,11-12,17,19-20H,6,10,13-16H2,1-5H3,(H2,25,26,30)/t19-,20?,24?/m0/s1. The lowest BCUT2D eigenvalue weighted by Crippen LogP contribution is -2.60. The molecule has 166 valence electrons. The maximum atomic E-state index is 13.2. The van der Waals surface area contributed by atoms with Crippen molar-refractivity contribution in [3.63, 3.8) is 0 Å². The van der Waals surface area contributed by atoms with Crippen LogP contribution in [0.25, 0.3) is 0 Å². The predicted molar refractivity (Wildman–Crippen MR) is 119 cm³/mol. The molecule has 6 heteroatoms. The Morgan fingerprint density at radius 3 is 2.43 bits per heavy atom. The molecule has 0 spiro atoms. The van der Waals surface area contributed by atoms with Crippen LogP contribution in [0.4, 0.5) is 4.79 Å². The molecule has 1 aliphatic heterocycles. The number of benzene rings is 1. The molecule has 1 fully saturated rings. The molecule has 1 saturated heterocycles. The van der Waals surface area contributed by atoms with E-state index in [9.17, 15) is 14.4 Å². The lowest BCUT2D eigenvalue weighted by molar-refractivity contribution is -0.138. The normalized spacial score (nSPS) is 19.6. The second kappa shape index (κ2) is 10.1. The molecular formula is C24H37N3O3. The Morgan fingerprint density at radius 2 is 1.87 bits per heavy atom. The number of carbonyl (C=O) groups excluding carboxylic acids is 3. The van der Waals surface area contributed by atoms with Gasteiger partial charge < -0.3 is 20.3 Å². The molecule has 1 heterocycles. The van der Waals surface area contributed by atoms with Crippen LogP contribution >= 0.6 is 0 Å². The number of hydrogen-bond donors (Lipinski definition) is 2. The summed E-state index contributed by atoms with van der Waals surface area (Å²) in [4.78, 5) is 39.2. The Bertz CT molecular complexity index is 729. The fraction of sp³-hybridized carbons (Fsp3) is 0.625. The van der Waals surface area contributed by atoms with Gasteiger partial charge >= 0.3 is 6.03 Å². The molecule has 2 unspecified atom stereocenters. The summed E-state index contributed by atoms with van der Waals surface area (Å²) in [5, 5.41) is 6.05. The second-order valence-corrected chi connectivity index (χ2v) is 9.75. The molecule has 0 saturated carbocycles. The van der Waals surface area contributed by atoms with Crippen LogP contribution < -0.4 is 10.6 Å². The van der Waals surface area contributed by atoms with Crippen molar-refractivity contribution in [1.29, 1.82) is 0 Å². The van der Waals surface area contributed by atoms with Crippen LogP contribution in [0.15, 0.2) is 30.3 Å². The van der Waals surface area contributed by atoms with Crippen molar-refractivity contribution in [1.82, 2.24) is 15.5 Å². The van der Waals surface area contributed by atoms with Crippen molar-refractivity contribution < 1.29 is 14.4 Å². The molecule has 1 aromatic rings. The van der Waals surface area contributed by atoms with Crippen molar-refractivity contribution in [2.75, 3.05) is 6.54 Å². The summed E-state index contributed by atoms with van der Waals surface area (Å²) >= 11 is 0. The van der Waals surface area contributed by atoms with Crippen molar-refractivity contribution in [3.8, 4) is 0 Å². The highest BCUT2D eigenvalue weighted by atomic mass is 16.2. The van der Waals surface area contributed by atoms with Crippen LogP contribution in [-0.2, 0) is 16.0 Å². The lowest BCUT2D eigenvalue weighted by Gasteiger charge is -2.37. The van der Waals surface area contributed by atoms with Gasteiger partial charge in [-0.3, -0.25) is 4.79 Å². The zero-order chi connectivity index (χ0) is 22.4. The largest absolute Gasteiger partial charge is 0.333 e. The van der Waals surface area contributed by atoms with E-state index in [1.165, 1.54) is 0 Å². The van der Waals surface area contributed by atoms with E-state index in [0.717, 1.165) is 31.1 Å². The van der Waals surface area contributed by atoms with Gasteiger partial charge in [-0.1, -0.05) is 64.4 Å². The highest BCUT2D eigenvalue weighted by Crippen LogP contribution is 2.25. The number of nitrogens with zero attached hydrogens (tertiary/aromatic N) is 1. The SMILES string of the molecule is CCCC(C)(Cc1ccccc1)NC(=O)NC(C(=O)N1CCC[C@H]1C=O)C(C)(C)C. The Labute approximate surface area is 180 Å². The molecule has 2 N–H and O–H groups in total. The highest BCUT2D eigenvalue weighted by Gasteiger charge is 2.40. The van der Waals surface area contributed by atoms with E-state index in [2.05, 4.69) is 29.7 Å². The summed E-state index contributed by atoms with van der Waals surface area (Å²) in [5.74, 6) is -0.187. The van der Waals surface area contributed by atoms with E-state index < -0.39 is 23.0 Å². The van der Waals surface area contributed by atoms with Gasteiger partial charge in [0, 0.05) is 12.1 Å². The van der Waals surface area contributed by atoms with Gasteiger partial charge in [0.05, 0.1) is 6.04 Å². The van der Waals surface area contributed by atoms with Gasteiger partial charge in [-0.05, 0) is 43.6 Å². The third kappa shape index (κ3) is 6.31. The van der Waals surface area contributed by atoms with Gasteiger partial charge in [-0.25, -0.2) is 4.79 Å². The quantitative estimate of drug-likeness (QED) is 0.636. The number of hydrogen-bond acceptors (Lipinski definition) is 3. The first-order chi connectivity index (χ1) is 14.1. The molecule has 1 aliphatic rings. The van der Waals surface area contributed by atoms with E-state index >= 15 is 0 Å². The average molecular weight is 416 g/mol. The van der Waals surface area contributed by atoms with Gasteiger partial charge in [0.25, 0.3) is 0 Å². The summed E-state index contributed by atoms with van der Waals surface area (Å²) in [6.07, 6.45) is 4.79. The molecule has 0 aliphatic carbocycles. The Hall–Kier alpha value is -2.37. The lowest BCUT2D eigenvalue weighted by atomic mass is 9.85. The molecule has 0 bridgehead atoms. The number of carbonyl (C=O) groups is 3. The molecule has 1 aromatic carbocycles. The number of nitrogens with one attached hydrogen (secondary N) is 2. The summed E-state index contributed by atoms with van der Waals surface area (Å²) in [6.45, 7) is 10.5. The van der Waals surface area contributed by atoms with E-state index in [4.69, 9.17) is 0 Å². The van der Waals surface area contributed by atoms with E-state index in [1.807, 2.05) is 45.9 Å². The molecule has 30 heavy (non-hydrogen) atoms.